The predicted molar refractivity (Wildman–Crippen MR) is 58.4 cm³/mol. The molecule has 0 aliphatic heterocycles. The Balaban J connectivity index is 2.29. The van der Waals surface area contributed by atoms with Gasteiger partial charge in [-0.15, -0.1) is 0 Å². The second-order valence-corrected chi connectivity index (χ2v) is 3.62. The van der Waals surface area contributed by atoms with E-state index in [0.29, 0.717) is 11.4 Å². The SMILES string of the molecule is Cc1cnc(-c2cccc(NC(F)(F)F)c2)[nH]1. The van der Waals surface area contributed by atoms with Crippen LogP contribution in [0, 0.1) is 6.92 Å². The van der Waals surface area contributed by atoms with Gasteiger partial charge in [0.2, 0.25) is 0 Å². The Morgan fingerprint density at radius 3 is 2.65 bits per heavy atom. The minimum Gasteiger partial charge on any atom is -0.342 e. The fourth-order valence-corrected chi connectivity index (χ4v) is 1.47. The summed E-state index contributed by atoms with van der Waals surface area (Å²) >= 11 is 0. The highest BCUT2D eigenvalue weighted by atomic mass is 19.4. The van der Waals surface area contributed by atoms with Gasteiger partial charge in [0.05, 0.1) is 0 Å². The zero-order valence-corrected chi connectivity index (χ0v) is 8.97. The molecule has 0 bridgehead atoms. The number of aromatic amines is 1. The molecule has 17 heavy (non-hydrogen) atoms. The number of aromatic nitrogens is 2. The van der Waals surface area contributed by atoms with E-state index in [1.807, 2.05) is 6.92 Å². The lowest BCUT2D eigenvalue weighted by molar-refractivity contribution is -0.0999. The number of hydrogen-bond donors (Lipinski definition) is 2. The first-order valence-corrected chi connectivity index (χ1v) is 4.91. The molecule has 0 aliphatic rings. The quantitative estimate of drug-likeness (QED) is 0.792. The van der Waals surface area contributed by atoms with Crippen molar-refractivity contribution in [3.05, 3.63) is 36.2 Å². The van der Waals surface area contributed by atoms with Gasteiger partial charge in [-0.2, -0.15) is 13.2 Å². The van der Waals surface area contributed by atoms with Crippen LogP contribution in [0.25, 0.3) is 11.4 Å². The van der Waals surface area contributed by atoms with Gasteiger partial charge >= 0.3 is 6.30 Å². The largest absolute Gasteiger partial charge is 0.482 e. The van der Waals surface area contributed by atoms with Crippen LogP contribution in [0.3, 0.4) is 0 Å². The normalized spacial score (nSPS) is 11.5. The molecule has 0 saturated heterocycles. The van der Waals surface area contributed by atoms with Gasteiger partial charge in [-0.1, -0.05) is 12.1 Å². The first kappa shape index (κ1) is 11.5. The number of rotatable bonds is 2. The van der Waals surface area contributed by atoms with Crippen LogP contribution in [0.5, 0.6) is 0 Å². The molecular weight excluding hydrogens is 231 g/mol. The fourth-order valence-electron chi connectivity index (χ4n) is 1.47. The van der Waals surface area contributed by atoms with E-state index in [4.69, 9.17) is 0 Å². The Kier molecular flexibility index (Phi) is 2.79. The average molecular weight is 241 g/mol. The lowest BCUT2D eigenvalue weighted by Crippen LogP contribution is -2.20. The number of alkyl halides is 3. The average Bonchev–Trinajstić information content (AvgIpc) is 2.63. The monoisotopic (exact) mass is 241 g/mol. The smallest absolute Gasteiger partial charge is 0.342 e. The Morgan fingerprint density at radius 1 is 1.29 bits per heavy atom. The number of halogens is 3. The molecule has 1 aromatic heterocycles. The number of nitrogens with one attached hydrogen (secondary N) is 2. The van der Waals surface area contributed by atoms with E-state index in [9.17, 15) is 13.2 Å². The third-order valence-electron chi connectivity index (χ3n) is 2.12. The Labute approximate surface area is 95.7 Å². The van der Waals surface area contributed by atoms with Gasteiger partial charge in [0, 0.05) is 23.1 Å². The van der Waals surface area contributed by atoms with Crippen molar-refractivity contribution in [2.24, 2.45) is 0 Å². The predicted octanol–water partition coefficient (Wildman–Crippen LogP) is 3.32. The molecule has 0 amide bonds. The maximum absolute atomic E-state index is 12.1. The third kappa shape index (κ3) is 2.99. The van der Waals surface area contributed by atoms with Crippen molar-refractivity contribution in [2.75, 3.05) is 5.32 Å². The van der Waals surface area contributed by atoms with Gasteiger partial charge in [0.25, 0.3) is 0 Å². The molecule has 0 spiro atoms. The first-order valence-electron chi connectivity index (χ1n) is 4.91. The molecule has 0 atom stereocenters. The van der Waals surface area contributed by atoms with E-state index in [-0.39, 0.29) is 5.69 Å². The second-order valence-electron chi connectivity index (χ2n) is 3.62. The topological polar surface area (TPSA) is 40.7 Å². The van der Waals surface area contributed by atoms with E-state index < -0.39 is 6.30 Å². The molecular formula is C11H10F3N3. The van der Waals surface area contributed by atoms with Crippen molar-refractivity contribution >= 4 is 5.69 Å². The highest BCUT2D eigenvalue weighted by Crippen LogP contribution is 2.24. The number of anilines is 1. The highest BCUT2D eigenvalue weighted by Gasteiger charge is 2.27. The van der Waals surface area contributed by atoms with E-state index in [1.54, 1.807) is 18.3 Å². The molecule has 2 rings (SSSR count). The molecule has 6 heteroatoms. The van der Waals surface area contributed by atoms with Crippen LogP contribution < -0.4 is 5.32 Å². The molecule has 0 saturated carbocycles. The molecule has 0 unspecified atom stereocenters. The zero-order valence-electron chi connectivity index (χ0n) is 8.97. The number of hydrogen-bond acceptors (Lipinski definition) is 2. The summed E-state index contributed by atoms with van der Waals surface area (Å²) in [5.41, 5.74) is 1.45. The van der Waals surface area contributed by atoms with Crippen molar-refractivity contribution in [1.29, 1.82) is 0 Å². The van der Waals surface area contributed by atoms with Gasteiger partial charge in [0.1, 0.15) is 5.82 Å². The summed E-state index contributed by atoms with van der Waals surface area (Å²) in [6, 6.07) is 5.99. The maximum Gasteiger partial charge on any atom is 0.482 e. The number of aryl methyl sites for hydroxylation is 1. The number of imidazole rings is 1. The molecule has 0 radical (unpaired) electrons. The van der Waals surface area contributed by atoms with Crippen molar-refractivity contribution in [1.82, 2.24) is 9.97 Å². The third-order valence-corrected chi connectivity index (χ3v) is 2.12. The van der Waals surface area contributed by atoms with E-state index in [1.165, 1.54) is 17.4 Å². The second kappa shape index (κ2) is 4.12. The van der Waals surface area contributed by atoms with Crippen LogP contribution in [-0.2, 0) is 0 Å². The number of benzene rings is 1. The van der Waals surface area contributed by atoms with Crippen LogP contribution in [-0.4, -0.2) is 16.3 Å². The van der Waals surface area contributed by atoms with Crippen LogP contribution in [0.4, 0.5) is 18.9 Å². The van der Waals surface area contributed by atoms with Gasteiger partial charge in [-0.25, -0.2) is 4.98 Å². The van der Waals surface area contributed by atoms with Crippen molar-refractivity contribution in [3.8, 4) is 11.4 Å². The molecule has 0 fully saturated rings. The highest BCUT2D eigenvalue weighted by molar-refractivity contribution is 5.62. The van der Waals surface area contributed by atoms with E-state index in [2.05, 4.69) is 9.97 Å². The summed E-state index contributed by atoms with van der Waals surface area (Å²) < 4.78 is 36.4. The van der Waals surface area contributed by atoms with Crippen LogP contribution >= 0.6 is 0 Å². The lowest BCUT2D eigenvalue weighted by Gasteiger charge is -2.10. The molecule has 1 aromatic carbocycles. The molecule has 3 nitrogen and oxygen atoms in total. The Morgan fingerprint density at radius 2 is 2.06 bits per heavy atom. The molecule has 2 aromatic rings. The van der Waals surface area contributed by atoms with Crippen molar-refractivity contribution < 1.29 is 13.2 Å². The molecule has 0 aliphatic carbocycles. The fraction of sp³-hybridized carbons (Fsp3) is 0.182. The molecule has 90 valence electrons. The van der Waals surface area contributed by atoms with Gasteiger partial charge < -0.3 is 4.98 Å². The standard InChI is InChI=1S/C11H10F3N3/c1-7-6-15-10(16-7)8-3-2-4-9(5-8)17-11(12,13)14/h2-6,17H,1H3,(H,15,16). The first-order chi connectivity index (χ1) is 7.94. The minimum atomic E-state index is -4.43. The zero-order chi connectivity index (χ0) is 12.5. The maximum atomic E-state index is 12.1. The minimum absolute atomic E-state index is 0.0101. The molecule has 1 heterocycles. The number of nitrogens with zero attached hydrogens (tertiary/aromatic N) is 1. The summed E-state index contributed by atoms with van der Waals surface area (Å²) in [6.07, 6.45) is -2.81. The van der Waals surface area contributed by atoms with Crippen LogP contribution in [0.15, 0.2) is 30.5 Å². The summed E-state index contributed by atoms with van der Waals surface area (Å²) in [6.45, 7) is 1.83. The van der Waals surface area contributed by atoms with Crippen LogP contribution in [0.2, 0.25) is 0 Å². The summed E-state index contributed by atoms with van der Waals surface area (Å²) in [4.78, 5) is 7.02. The van der Waals surface area contributed by atoms with Gasteiger partial charge in [-0.05, 0) is 19.1 Å². The summed E-state index contributed by atoms with van der Waals surface area (Å²) in [5.74, 6) is 0.549. The van der Waals surface area contributed by atoms with E-state index >= 15 is 0 Å². The Hall–Kier alpha value is -1.98. The van der Waals surface area contributed by atoms with Crippen molar-refractivity contribution in [2.45, 2.75) is 13.2 Å². The van der Waals surface area contributed by atoms with Crippen LogP contribution in [0.1, 0.15) is 5.69 Å². The lowest BCUT2D eigenvalue weighted by atomic mass is 10.2. The van der Waals surface area contributed by atoms with Gasteiger partial charge in [-0.3, -0.25) is 5.32 Å². The van der Waals surface area contributed by atoms with E-state index in [0.717, 1.165) is 5.69 Å². The van der Waals surface area contributed by atoms with Gasteiger partial charge in [0.15, 0.2) is 0 Å². The summed E-state index contributed by atoms with van der Waals surface area (Å²) in [7, 11) is 0. The molecule has 2 N–H and O–H groups in total. The number of H-pyrrole nitrogens is 1. The summed E-state index contributed by atoms with van der Waals surface area (Å²) in [5, 5.41) is 1.46. The van der Waals surface area contributed by atoms with Crippen molar-refractivity contribution in [3.63, 3.8) is 0 Å². The Bertz CT molecular complexity index is 517.